The summed E-state index contributed by atoms with van der Waals surface area (Å²) in [4.78, 5) is 12.0. The van der Waals surface area contributed by atoms with Crippen LogP contribution in [0.15, 0.2) is 29.8 Å². The van der Waals surface area contributed by atoms with Gasteiger partial charge in [0.25, 0.3) is 0 Å². The highest BCUT2D eigenvalue weighted by Crippen LogP contribution is 2.12. The fourth-order valence-corrected chi connectivity index (χ4v) is 2.24. The summed E-state index contributed by atoms with van der Waals surface area (Å²) in [5.41, 5.74) is 5.53. The van der Waals surface area contributed by atoms with Gasteiger partial charge in [0.15, 0.2) is 0 Å². The summed E-state index contributed by atoms with van der Waals surface area (Å²) >= 11 is 1.79. The van der Waals surface area contributed by atoms with Gasteiger partial charge < -0.3 is 10.6 Å². The minimum Gasteiger partial charge on any atom is -0.359 e. The van der Waals surface area contributed by atoms with Crippen LogP contribution in [0, 0.1) is 0 Å². The molecule has 2 N–H and O–H groups in total. The Labute approximate surface area is 105 Å². The molecule has 0 aromatic carbocycles. The Morgan fingerprint density at radius 2 is 2.29 bits per heavy atom. The van der Waals surface area contributed by atoms with E-state index in [0.717, 1.165) is 18.8 Å². The fourth-order valence-electron chi connectivity index (χ4n) is 1.55. The predicted octanol–water partition coefficient (Wildman–Crippen LogP) is 1.68. The Hall–Kier alpha value is -1.46. The molecular formula is C12H16N4S. The fraction of sp³-hybridized carbons (Fsp3) is 0.333. The molecule has 0 aliphatic rings. The van der Waals surface area contributed by atoms with Crippen molar-refractivity contribution in [3.8, 4) is 0 Å². The van der Waals surface area contributed by atoms with Crippen LogP contribution < -0.4 is 10.6 Å². The first-order valence-electron chi connectivity index (χ1n) is 5.55. The number of hydrogen-bond donors (Lipinski definition) is 1. The summed E-state index contributed by atoms with van der Waals surface area (Å²) in [6.07, 6.45) is 2.79. The molecule has 4 nitrogen and oxygen atoms in total. The third-order valence-electron chi connectivity index (χ3n) is 2.54. The quantitative estimate of drug-likeness (QED) is 0.874. The van der Waals surface area contributed by atoms with E-state index in [-0.39, 0.29) is 0 Å². The maximum atomic E-state index is 5.53. The van der Waals surface area contributed by atoms with Gasteiger partial charge >= 0.3 is 0 Å². The van der Waals surface area contributed by atoms with Crippen molar-refractivity contribution >= 4 is 17.2 Å². The van der Waals surface area contributed by atoms with Crippen LogP contribution in [0.5, 0.6) is 0 Å². The minimum atomic E-state index is 0.382. The number of thiophene rings is 1. The highest BCUT2D eigenvalue weighted by atomic mass is 32.1. The molecular weight excluding hydrogens is 232 g/mol. The van der Waals surface area contributed by atoms with Crippen molar-refractivity contribution in [2.45, 2.75) is 13.0 Å². The Kier molecular flexibility index (Phi) is 4.06. The topological polar surface area (TPSA) is 55.0 Å². The number of aromatic nitrogens is 2. The van der Waals surface area contributed by atoms with E-state index in [1.54, 1.807) is 17.5 Å². The lowest BCUT2D eigenvalue weighted by Gasteiger charge is -2.17. The first kappa shape index (κ1) is 12.0. The van der Waals surface area contributed by atoms with E-state index in [9.17, 15) is 0 Å². The van der Waals surface area contributed by atoms with Crippen LogP contribution in [0.25, 0.3) is 0 Å². The van der Waals surface area contributed by atoms with Crippen molar-refractivity contribution in [1.29, 1.82) is 0 Å². The van der Waals surface area contributed by atoms with Crippen molar-refractivity contribution < 1.29 is 0 Å². The zero-order chi connectivity index (χ0) is 12.1. The molecule has 0 unspecified atom stereocenters. The maximum Gasteiger partial charge on any atom is 0.144 e. The molecule has 0 atom stereocenters. The number of likely N-dealkylation sites (N-methyl/N-ethyl adjacent to an activating group) is 1. The van der Waals surface area contributed by atoms with E-state index in [2.05, 4.69) is 32.4 Å². The molecule has 5 heteroatoms. The van der Waals surface area contributed by atoms with Gasteiger partial charge in [-0.25, -0.2) is 9.97 Å². The largest absolute Gasteiger partial charge is 0.359 e. The Balaban J connectivity index is 1.96. The first-order valence-corrected chi connectivity index (χ1v) is 6.43. The SMILES string of the molecule is CN(CCc1cccs1)c1ccnc(CN)n1. The molecule has 2 rings (SSSR count). The van der Waals surface area contributed by atoms with Gasteiger partial charge in [-0.1, -0.05) is 6.07 Å². The average Bonchev–Trinajstić information content (AvgIpc) is 2.89. The van der Waals surface area contributed by atoms with Crippen LogP contribution in [-0.4, -0.2) is 23.6 Å². The molecule has 0 radical (unpaired) electrons. The summed E-state index contributed by atoms with van der Waals surface area (Å²) in [7, 11) is 2.04. The Bertz CT molecular complexity index is 455. The molecule has 2 aromatic heterocycles. The van der Waals surface area contributed by atoms with Crippen molar-refractivity contribution in [3.63, 3.8) is 0 Å². The normalized spacial score (nSPS) is 10.5. The van der Waals surface area contributed by atoms with Gasteiger partial charge in [0.05, 0.1) is 6.54 Å². The molecule has 0 saturated carbocycles. The van der Waals surface area contributed by atoms with E-state index < -0.39 is 0 Å². The first-order chi connectivity index (χ1) is 8.29. The molecule has 0 spiro atoms. The Morgan fingerprint density at radius 3 is 3.00 bits per heavy atom. The van der Waals surface area contributed by atoms with E-state index >= 15 is 0 Å². The molecule has 17 heavy (non-hydrogen) atoms. The van der Waals surface area contributed by atoms with Gasteiger partial charge in [-0.2, -0.15) is 0 Å². The van der Waals surface area contributed by atoms with Crippen LogP contribution in [0.2, 0.25) is 0 Å². The summed E-state index contributed by atoms with van der Waals surface area (Å²) in [5.74, 6) is 1.61. The predicted molar refractivity (Wildman–Crippen MR) is 71.2 cm³/mol. The van der Waals surface area contributed by atoms with E-state index in [0.29, 0.717) is 12.4 Å². The van der Waals surface area contributed by atoms with Gasteiger partial charge in [-0.3, -0.25) is 0 Å². The molecule has 0 aliphatic heterocycles. The highest BCUT2D eigenvalue weighted by Gasteiger charge is 2.04. The third-order valence-corrected chi connectivity index (χ3v) is 3.47. The van der Waals surface area contributed by atoms with Gasteiger partial charge in [0.1, 0.15) is 11.6 Å². The lowest BCUT2D eigenvalue weighted by atomic mass is 10.3. The van der Waals surface area contributed by atoms with Crippen molar-refractivity contribution in [1.82, 2.24) is 9.97 Å². The molecule has 0 fully saturated rings. The summed E-state index contributed by atoms with van der Waals surface area (Å²) in [5, 5.41) is 2.10. The summed E-state index contributed by atoms with van der Waals surface area (Å²) in [6, 6.07) is 6.15. The van der Waals surface area contributed by atoms with Crippen LogP contribution in [0.1, 0.15) is 10.7 Å². The molecule has 0 bridgehead atoms. The monoisotopic (exact) mass is 248 g/mol. The lowest BCUT2D eigenvalue weighted by molar-refractivity contribution is 0.836. The second kappa shape index (κ2) is 5.75. The van der Waals surface area contributed by atoms with E-state index in [4.69, 9.17) is 5.73 Å². The molecule has 2 heterocycles. The van der Waals surface area contributed by atoms with Crippen LogP contribution in [0.3, 0.4) is 0 Å². The van der Waals surface area contributed by atoms with Crippen LogP contribution in [0.4, 0.5) is 5.82 Å². The number of anilines is 1. The maximum absolute atomic E-state index is 5.53. The Morgan fingerprint density at radius 1 is 1.41 bits per heavy atom. The second-order valence-corrected chi connectivity index (χ2v) is 4.82. The molecule has 2 aromatic rings. The smallest absolute Gasteiger partial charge is 0.144 e. The standard InChI is InChI=1S/C12H16N4S/c1-16(7-5-10-3-2-8-17-10)12-4-6-14-11(9-13)15-12/h2-4,6,8H,5,7,9,13H2,1H3. The minimum absolute atomic E-state index is 0.382. The molecule has 0 aliphatic carbocycles. The van der Waals surface area contributed by atoms with Crippen LogP contribution >= 0.6 is 11.3 Å². The number of rotatable bonds is 5. The highest BCUT2D eigenvalue weighted by molar-refractivity contribution is 7.09. The summed E-state index contributed by atoms with van der Waals surface area (Å²) in [6.45, 7) is 1.33. The number of nitrogens with zero attached hydrogens (tertiary/aromatic N) is 3. The van der Waals surface area contributed by atoms with Gasteiger partial charge in [0.2, 0.25) is 0 Å². The zero-order valence-corrected chi connectivity index (χ0v) is 10.7. The summed E-state index contributed by atoms with van der Waals surface area (Å²) < 4.78 is 0. The van der Waals surface area contributed by atoms with Crippen molar-refractivity contribution in [2.75, 3.05) is 18.5 Å². The van der Waals surface area contributed by atoms with E-state index in [1.165, 1.54) is 4.88 Å². The number of hydrogen-bond acceptors (Lipinski definition) is 5. The lowest BCUT2D eigenvalue weighted by Crippen LogP contribution is -2.22. The van der Waals surface area contributed by atoms with E-state index in [1.807, 2.05) is 13.1 Å². The average molecular weight is 248 g/mol. The zero-order valence-electron chi connectivity index (χ0n) is 9.84. The van der Waals surface area contributed by atoms with Crippen LogP contribution in [-0.2, 0) is 13.0 Å². The third kappa shape index (κ3) is 3.25. The van der Waals surface area contributed by atoms with Crippen molar-refractivity contribution in [3.05, 3.63) is 40.5 Å². The van der Waals surface area contributed by atoms with Crippen molar-refractivity contribution in [2.24, 2.45) is 5.73 Å². The second-order valence-electron chi connectivity index (χ2n) is 3.79. The van der Waals surface area contributed by atoms with Gasteiger partial charge in [0, 0.05) is 24.7 Å². The molecule has 0 saturated heterocycles. The van der Waals surface area contributed by atoms with Gasteiger partial charge in [-0.05, 0) is 23.9 Å². The molecule has 0 amide bonds. The molecule has 90 valence electrons. The number of nitrogens with two attached hydrogens (primary N) is 1. The van der Waals surface area contributed by atoms with Gasteiger partial charge in [-0.15, -0.1) is 11.3 Å².